The first-order valence-corrected chi connectivity index (χ1v) is 11.1. The summed E-state index contributed by atoms with van der Waals surface area (Å²) >= 11 is 3.31. The molecule has 28 heavy (non-hydrogen) atoms. The zero-order chi connectivity index (χ0) is 19.5. The highest BCUT2D eigenvalue weighted by Crippen LogP contribution is 2.41. The van der Waals surface area contributed by atoms with Gasteiger partial charge in [0, 0.05) is 21.7 Å². The lowest BCUT2D eigenvalue weighted by molar-refractivity contribution is 0.102. The molecular formula is C22H22N2O2S2. The maximum absolute atomic E-state index is 13.1. The average Bonchev–Trinajstić information content (AvgIpc) is 3.37. The second-order valence-electron chi connectivity index (χ2n) is 6.68. The Morgan fingerprint density at radius 1 is 1.25 bits per heavy atom. The molecule has 0 spiro atoms. The Hall–Kier alpha value is -2.44. The number of benzene rings is 1. The van der Waals surface area contributed by atoms with E-state index in [0.29, 0.717) is 6.61 Å². The molecule has 1 aliphatic carbocycles. The molecule has 1 aliphatic rings. The molecule has 1 aromatic carbocycles. The summed E-state index contributed by atoms with van der Waals surface area (Å²) in [6, 6.07) is 9.56. The molecule has 0 bridgehead atoms. The Labute approximate surface area is 172 Å². The third kappa shape index (κ3) is 3.88. The Morgan fingerprint density at radius 2 is 2.07 bits per heavy atom. The Kier molecular flexibility index (Phi) is 5.59. The molecule has 4 nitrogen and oxygen atoms in total. The molecule has 3 aromatic rings. The van der Waals surface area contributed by atoms with Crippen LogP contribution >= 0.6 is 22.7 Å². The molecule has 4 rings (SSSR count). The van der Waals surface area contributed by atoms with Gasteiger partial charge in [0.1, 0.15) is 10.8 Å². The zero-order valence-electron chi connectivity index (χ0n) is 16.0. The summed E-state index contributed by atoms with van der Waals surface area (Å²) in [4.78, 5) is 20.2. The van der Waals surface area contributed by atoms with Gasteiger partial charge in [-0.3, -0.25) is 4.79 Å². The van der Waals surface area contributed by atoms with Crippen molar-refractivity contribution < 1.29 is 9.53 Å². The van der Waals surface area contributed by atoms with Gasteiger partial charge < -0.3 is 10.1 Å². The number of carbonyl (C=O) groups is 1. The third-order valence-electron chi connectivity index (χ3n) is 4.75. The summed E-state index contributed by atoms with van der Waals surface area (Å²) in [6.07, 6.45) is 4.98. The summed E-state index contributed by atoms with van der Waals surface area (Å²) in [6.45, 7) is 4.65. The van der Waals surface area contributed by atoms with Crippen LogP contribution in [0.1, 0.15) is 44.6 Å². The van der Waals surface area contributed by atoms with Crippen molar-refractivity contribution in [1.82, 2.24) is 0 Å². The van der Waals surface area contributed by atoms with Gasteiger partial charge in [-0.05, 0) is 79.9 Å². The molecule has 0 aliphatic heterocycles. The number of nitrogens with one attached hydrogen (secondary N) is 1. The number of nitrogens with zero attached hydrogens (tertiary/aromatic N) is 1. The smallest absolute Gasteiger partial charge is 0.259 e. The van der Waals surface area contributed by atoms with E-state index in [1.807, 2.05) is 37.4 Å². The first-order chi connectivity index (χ1) is 13.7. The van der Waals surface area contributed by atoms with Gasteiger partial charge in [0.2, 0.25) is 0 Å². The van der Waals surface area contributed by atoms with E-state index in [-0.39, 0.29) is 5.91 Å². The van der Waals surface area contributed by atoms with E-state index in [0.717, 1.165) is 46.1 Å². The number of amides is 1. The van der Waals surface area contributed by atoms with Crippen LogP contribution in [0, 0.1) is 6.92 Å². The molecule has 0 saturated heterocycles. The molecule has 1 N–H and O–H groups in total. The number of aliphatic imine (C=N–C) groups is 1. The van der Waals surface area contributed by atoms with Crippen molar-refractivity contribution in [3.63, 3.8) is 0 Å². The number of ether oxygens (including phenoxy) is 1. The number of fused-ring (bicyclic) bond motifs is 1. The van der Waals surface area contributed by atoms with Gasteiger partial charge >= 0.3 is 0 Å². The van der Waals surface area contributed by atoms with Crippen molar-refractivity contribution in [1.29, 1.82) is 0 Å². The highest BCUT2D eigenvalue weighted by Gasteiger charge is 2.26. The fraction of sp³-hybridized carbons (Fsp3) is 0.273. The van der Waals surface area contributed by atoms with E-state index in [9.17, 15) is 4.79 Å². The maximum Gasteiger partial charge on any atom is 0.259 e. The molecule has 0 unspecified atom stereocenters. The van der Waals surface area contributed by atoms with E-state index < -0.39 is 0 Å². The summed E-state index contributed by atoms with van der Waals surface area (Å²) in [7, 11) is 0. The fourth-order valence-electron chi connectivity index (χ4n) is 3.34. The van der Waals surface area contributed by atoms with Crippen LogP contribution in [-0.2, 0) is 12.8 Å². The molecule has 6 heteroatoms. The van der Waals surface area contributed by atoms with E-state index in [2.05, 4.69) is 23.7 Å². The quantitative estimate of drug-likeness (QED) is 0.506. The van der Waals surface area contributed by atoms with Crippen molar-refractivity contribution in [3.05, 3.63) is 62.2 Å². The molecule has 144 valence electrons. The summed E-state index contributed by atoms with van der Waals surface area (Å²) in [5, 5.41) is 5.90. The number of rotatable bonds is 6. The second kappa shape index (κ2) is 8.29. The largest absolute Gasteiger partial charge is 0.494 e. The molecular weight excluding hydrogens is 388 g/mol. The topological polar surface area (TPSA) is 50.7 Å². The van der Waals surface area contributed by atoms with Crippen LogP contribution in [0.4, 0.5) is 10.7 Å². The van der Waals surface area contributed by atoms with Gasteiger partial charge in [-0.25, -0.2) is 4.99 Å². The predicted molar refractivity (Wildman–Crippen MR) is 118 cm³/mol. The van der Waals surface area contributed by atoms with Crippen LogP contribution in [0.15, 0.2) is 40.7 Å². The number of anilines is 1. The van der Waals surface area contributed by atoms with Crippen molar-refractivity contribution in [3.8, 4) is 5.75 Å². The number of hydrogen-bond donors (Lipinski definition) is 1. The lowest BCUT2D eigenvalue weighted by Crippen LogP contribution is -2.13. The van der Waals surface area contributed by atoms with Gasteiger partial charge in [-0.2, -0.15) is 0 Å². The monoisotopic (exact) mass is 410 g/mol. The fourth-order valence-corrected chi connectivity index (χ4v) is 5.36. The summed E-state index contributed by atoms with van der Waals surface area (Å²) in [5.74, 6) is 0.715. The van der Waals surface area contributed by atoms with Gasteiger partial charge in [0.05, 0.1) is 12.2 Å². The van der Waals surface area contributed by atoms with E-state index in [1.165, 1.54) is 16.0 Å². The SMILES string of the molecule is CCOc1ccc(NC(=O)c2c(N=Cc3sccc3C)sc3c2CCC3)cc1. The van der Waals surface area contributed by atoms with E-state index in [1.54, 1.807) is 22.7 Å². The standard InChI is InChI=1S/C22H22N2O2S2/c1-3-26-16-9-7-15(8-10-16)24-21(25)20-17-5-4-6-18(17)28-22(20)23-13-19-14(2)11-12-27-19/h7-13H,3-6H2,1-2H3,(H,24,25). The lowest BCUT2D eigenvalue weighted by Gasteiger charge is -2.08. The van der Waals surface area contributed by atoms with Crippen LogP contribution in [0.3, 0.4) is 0 Å². The van der Waals surface area contributed by atoms with Crippen molar-refractivity contribution in [2.45, 2.75) is 33.1 Å². The molecule has 2 heterocycles. The van der Waals surface area contributed by atoms with Crippen LogP contribution in [-0.4, -0.2) is 18.7 Å². The molecule has 0 atom stereocenters. The number of carbonyl (C=O) groups excluding carboxylic acids is 1. The van der Waals surface area contributed by atoms with Crippen molar-refractivity contribution in [2.24, 2.45) is 4.99 Å². The summed E-state index contributed by atoms with van der Waals surface area (Å²) < 4.78 is 5.47. The Morgan fingerprint density at radius 3 is 2.79 bits per heavy atom. The minimum absolute atomic E-state index is 0.0846. The lowest BCUT2D eigenvalue weighted by atomic mass is 10.1. The number of hydrogen-bond acceptors (Lipinski definition) is 5. The molecule has 1 amide bonds. The minimum Gasteiger partial charge on any atom is -0.494 e. The van der Waals surface area contributed by atoms with Crippen molar-refractivity contribution >= 4 is 45.5 Å². The van der Waals surface area contributed by atoms with Gasteiger partial charge in [0.15, 0.2) is 0 Å². The van der Waals surface area contributed by atoms with Gasteiger partial charge in [-0.15, -0.1) is 22.7 Å². The molecule has 0 radical (unpaired) electrons. The normalized spacial score (nSPS) is 13.1. The second-order valence-corrected chi connectivity index (χ2v) is 8.71. The maximum atomic E-state index is 13.1. The highest BCUT2D eigenvalue weighted by molar-refractivity contribution is 7.16. The molecule has 0 saturated carbocycles. The third-order valence-corrected chi connectivity index (χ3v) is 6.91. The van der Waals surface area contributed by atoms with Crippen LogP contribution in [0.5, 0.6) is 5.75 Å². The Balaban J connectivity index is 1.60. The van der Waals surface area contributed by atoms with Gasteiger partial charge in [-0.1, -0.05) is 0 Å². The highest BCUT2D eigenvalue weighted by atomic mass is 32.1. The van der Waals surface area contributed by atoms with Crippen LogP contribution in [0.2, 0.25) is 0 Å². The predicted octanol–water partition coefficient (Wildman–Crippen LogP) is 6.01. The minimum atomic E-state index is -0.0846. The average molecular weight is 411 g/mol. The van der Waals surface area contributed by atoms with Gasteiger partial charge in [0.25, 0.3) is 5.91 Å². The number of thiophene rings is 2. The van der Waals surface area contributed by atoms with Crippen LogP contribution in [0.25, 0.3) is 0 Å². The zero-order valence-corrected chi connectivity index (χ0v) is 17.6. The van der Waals surface area contributed by atoms with E-state index >= 15 is 0 Å². The van der Waals surface area contributed by atoms with E-state index in [4.69, 9.17) is 9.73 Å². The molecule has 0 fully saturated rings. The first kappa shape index (κ1) is 18.9. The summed E-state index contributed by atoms with van der Waals surface area (Å²) in [5.41, 5.74) is 3.87. The first-order valence-electron chi connectivity index (χ1n) is 9.42. The van der Waals surface area contributed by atoms with Crippen LogP contribution < -0.4 is 10.1 Å². The van der Waals surface area contributed by atoms with Crippen molar-refractivity contribution in [2.75, 3.05) is 11.9 Å². The molecule has 2 aromatic heterocycles. The Bertz CT molecular complexity index is 1020. The number of aryl methyl sites for hydroxylation is 2.